The summed E-state index contributed by atoms with van der Waals surface area (Å²) in [6.45, 7) is 0. The number of amides is 2. The summed E-state index contributed by atoms with van der Waals surface area (Å²) in [4.78, 5) is 23.5. The summed E-state index contributed by atoms with van der Waals surface area (Å²) in [6, 6.07) is 6.03. The predicted octanol–water partition coefficient (Wildman–Crippen LogP) is -0.404. The van der Waals surface area contributed by atoms with Crippen LogP contribution < -0.4 is 16.4 Å². The zero-order valence-electron chi connectivity index (χ0n) is 9.72. The van der Waals surface area contributed by atoms with Crippen LogP contribution in [0.4, 0.5) is 5.69 Å². The van der Waals surface area contributed by atoms with Gasteiger partial charge in [-0.15, -0.1) is 0 Å². The van der Waals surface area contributed by atoms with Crippen LogP contribution in [0.15, 0.2) is 24.3 Å². The molecule has 2 atom stereocenters. The Morgan fingerprint density at radius 3 is 2.78 bits per heavy atom. The van der Waals surface area contributed by atoms with Crippen molar-refractivity contribution in [2.75, 3.05) is 5.73 Å². The number of carbonyl (C=O) groups excluding carboxylic acids is 2. The molecule has 0 spiro atoms. The van der Waals surface area contributed by atoms with E-state index in [0.717, 1.165) is 0 Å². The first-order valence-corrected chi connectivity index (χ1v) is 5.71. The Hall–Kier alpha value is -2.08. The van der Waals surface area contributed by atoms with Crippen LogP contribution in [-0.2, 0) is 4.79 Å². The highest BCUT2D eigenvalue weighted by Gasteiger charge is 2.28. The van der Waals surface area contributed by atoms with Crippen molar-refractivity contribution in [3.05, 3.63) is 29.8 Å². The molecule has 0 aromatic heterocycles. The Morgan fingerprint density at radius 2 is 2.11 bits per heavy atom. The Bertz CT molecular complexity index is 475. The first-order valence-electron chi connectivity index (χ1n) is 5.71. The van der Waals surface area contributed by atoms with Crippen LogP contribution in [0.1, 0.15) is 23.2 Å². The van der Waals surface area contributed by atoms with Gasteiger partial charge in [0.25, 0.3) is 5.91 Å². The van der Waals surface area contributed by atoms with Gasteiger partial charge in [-0.05, 0) is 25.0 Å². The van der Waals surface area contributed by atoms with Gasteiger partial charge in [0.1, 0.15) is 12.3 Å². The summed E-state index contributed by atoms with van der Waals surface area (Å²) in [5.41, 5.74) is 6.39. The van der Waals surface area contributed by atoms with E-state index < -0.39 is 12.3 Å². The average Bonchev–Trinajstić information content (AvgIpc) is 2.33. The Kier molecular flexibility index (Phi) is 3.47. The fourth-order valence-electron chi connectivity index (χ4n) is 1.87. The van der Waals surface area contributed by atoms with Gasteiger partial charge in [0.2, 0.25) is 5.91 Å². The lowest BCUT2D eigenvalue weighted by Crippen LogP contribution is -2.53. The Balaban J connectivity index is 2.04. The third-order valence-corrected chi connectivity index (χ3v) is 2.86. The molecule has 5 N–H and O–H groups in total. The van der Waals surface area contributed by atoms with E-state index >= 15 is 0 Å². The number of benzene rings is 1. The van der Waals surface area contributed by atoms with Gasteiger partial charge < -0.3 is 21.5 Å². The van der Waals surface area contributed by atoms with Crippen molar-refractivity contribution < 1.29 is 14.7 Å². The number of nitrogens with two attached hydrogens (primary N) is 1. The molecule has 1 saturated heterocycles. The van der Waals surface area contributed by atoms with E-state index in [9.17, 15) is 14.7 Å². The van der Waals surface area contributed by atoms with Gasteiger partial charge in [-0.3, -0.25) is 9.59 Å². The molecule has 1 heterocycles. The minimum Gasteiger partial charge on any atom is -0.398 e. The second-order valence-electron chi connectivity index (χ2n) is 4.22. The van der Waals surface area contributed by atoms with Crippen LogP contribution in [0.3, 0.4) is 0 Å². The molecule has 1 aliphatic rings. The number of aliphatic hydroxyl groups excluding tert-OH is 1. The van der Waals surface area contributed by atoms with Crippen molar-refractivity contribution in [1.29, 1.82) is 0 Å². The lowest BCUT2D eigenvalue weighted by Gasteiger charge is -2.26. The quantitative estimate of drug-likeness (QED) is 0.535. The highest BCUT2D eigenvalue weighted by atomic mass is 16.3. The zero-order valence-corrected chi connectivity index (χ0v) is 9.72. The molecule has 0 saturated carbocycles. The van der Waals surface area contributed by atoms with E-state index in [2.05, 4.69) is 10.6 Å². The van der Waals surface area contributed by atoms with Gasteiger partial charge in [0.15, 0.2) is 0 Å². The lowest BCUT2D eigenvalue weighted by molar-refractivity contribution is -0.128. The Morgan fingerprint density at radius 1 is 1.39 bits per heavy atom. The summed E-state index contributed by atoms with van der Waals surface area (Å²) in [7, 11) is 0. The second kappa shape index (κ2) is 5.05. The first-order chi connectivity index (χ1) is 8.58. The topological polar surface area (TPSA) is 104 Å². The van der Waals surface area contributed by atoms with Gasteiger partial charge in [0, 0.05) is 5.69 Å². The molecular weight excluding hydrogens is 234 g/mol. The number of nitrogen functional groups attached to an aromatic ring is 1. The number of hydrogen-bond donors (Lipinski definition) is 4. The number of piperidine rings is 1. The van der Waals surface area contributed by atoms with Crippen LogP contribution in [0.2, 0.25) is 0 Å². The van der Waals surface area contributed by atoms with Crippen molar-refractivity contribution >= 4 is 17.5 Å². The minimum atomic E-state index is -0.826. The number of aliphatic hydroxyl groups is 1. The zero-order chi connectivity index (χ0) is 13.1. The molecule has 1 aromatic carbocycles. The molecule has 18 heavy (non-hydrogen) atoms. The molecule has 6 heteroatoms. The van der Waals surface area contributed by atoms with Crippen LogP contribution in [0.25, 0.3) is 0 Å². The number of para-hydroxylation sites is 1. The summed E-state index contributed by atoms with van der Waals surface area (Å²) >= 11 is 0. The van der Waals surface area contributed by atoms with E-state index in [-0.39, 0.29) is 11.8 Å². The molecule has 0 bridgehead atoms. The number of rotatable bonds is 2. The largest absolute Gasteiger partial charge is 0.398 e. The molecule has 1 fully saturated rings. The highest BCUT2D eigenvalue weighted by molar-refractivity contribution is 6.01. The van der Waals surface area contributed by atoms with Crippen molar-refractivity contribution in [3.63, 3.8) is 0 Å². The fraction of sp³-hybridized carbons (Fsp3) is 0.333. The SMILES string of the molecule is Nc1ccccc1C(=O)NC1CCC(O)NC1=O. The standard InChI is InChI=1S/C12H15N3O3/c13-8-4-2-1-3-7(8)11(17)14-9-5-6-10(16)15-12(9)18/h1-4,9-10,16H,5-6,13H2,(H,14,17)(H,15,18). The third-order valence-electron chi connectivity index (χ3n) is 2.86. The molecule has 2 rings (SSSR count). The molecule has 1 aromatic rings. The van der Waals surface area contributed by atoms with E-state index in [0.29, 0.717) is 24.1 Å². The summed E-state index contributed by atoms with van der Waals surface area (Å²) in [5.74, 6) is -0.763. The van der Waals surface area contributed by atoms with E-state index in [1.54, 1.807) is 24.3 Å². The summed E-state index contributed by atoms with van der Waals surface area (Å²) in [5, 5.41) is 14.2. The number of anilines is 1. The average molecular weight is 249 g/mol. The second-order valence-corrected chi connectivity index (χ2v) is 4.22. The fourth-order valence-corrected chi connectivity index (χ4v) is 1.87. The van der Waals surface area contributed by atoms with Crippen molar-refractivity contribution in [2.45, 2.75) is 25.1 Å². The van der Waals surface area contributed by atoms with E-state index in [1.807, 2.05) is 0 Å². The van der Waals surface area contributed by atoms with Crippen LogP contribution in [0.5, 0.6) is 0 Å². The lowest BCUT2D eigenvalue weighted by atomic mass is 10.0. The van der Waals surface area contributed by atoms with Gasteiger partial charge in [-0.2, -0.15) is 0 Å². The normalized spacial score (nSPS) is 23.3. The van der Waals surface area contributed by atoms with E-state index in [1.165, 1.54) is 0 Å². The van der Waals surface area contributed by atoms with Gasteiger partial charge >= 0.3 is 0 Å². The maximum atomic E-state index is 11.9. The number of carbonyl (C=O) groups is 2. The molecule has 0 radical (unpaired) electrons. The maximum absolute atomic E-state index is 11.9. The van der Waals surface area contributed by atoms with E-state index in [4.69, 9.17) is 5.73 Å². The molecule has 2 amide bonds. The third kappa shape index (κ3) is 2.60. The van der Waals surface area contributed by atoms with Crippen LogP contribution in [-0.4, -0.2) is 29.2 Å². The van der Waals surface area contributed by atoms with Gasteiger partial charge in [0.05, 0.1) is 5.56 Å². The van der Waals surface area contributed by atoms with Gasteiger partial charge in [-0.25, -0.2) is 0 Å². The van der Waals surface area contributed by atoms with Crippen LogP contribution in [0, 0.1) is 0 Å². The predicted molar refractivity (Wildman–Crippen MR) is 65.5 cm³/mol. The minimum absolute atomic E-state index is 0.344. The number of hydrogen-bond acceptors (Lipinski definition) is 4. The van der Waals surface area contributed by atoms with Crippen molar-refractivity contribution in [1.82, 2.24) is 10.6 Å². The molecule has 0 aliphatic carbocycles. The first kappa shape index (κ1) is 12.4. The molecular formula is C12H15N3O3. The van der Waals surface area contributed by atoms with Crippen LogP contribution >= 0.6 is 0 Å². The smallest absolute Gasteiger partial charge is 0.254 e. The maximum Gasteiger partial charge on any atom is 0.254 e. The molecule has 1 aliphatic heterocycles. The van der Waals surface area contributed by atoms with Gasteiger partial charge in [-0.1, -0.05) is 12.1 Å². The van der Waals surface area contributed by atoms with Crippen molar-refractivity contribution in [3.8, 4) is 0 Å². The Labute approximate surface area is 104 Å². The summed E-state index contributed by atoms with van der Waals surface area (Å²) in [6.07, 6.45) is -0.000608. The number of nitrogens with one attached hydrogen (secondary N) is 2. The highest BCUT2D eigenvalue weighted by Crippen LogP contribution is 2.12. The summed E-state index contributed by atoms with van der Waals surface area (Å²) < 4.78 is 0. The molecule has 96 valence electrons. The molecule has 6 nitrogen and oxygen atoms in total. The van der Waals surface area contributed by atoms with Crippen molar-refractivity contribution in [2.24, 2.45) is 0 Å². The molecule has 2 unspecified atom stereocenters. The monoisotopic (exact) mass is 249 g/mol.